The molecule has 1 aliphatic rings. The fourth-order valence-electron chi connectivity index (χ4n) is 5.12. The molecule has 9 nitrogen and oxygen atoms in total. The van der Waals surface area contributed by atoms with Gasteiger partial charge in [-0.3, -0.25) is 9.59 Å². The lowest BCUT2D eigenvalue weighted by Crippen LogP contribution is -2.54. The quantitative estimate of drug-likeness (QED) is 0.411. The molecule has 1 saturated carbocycles. The van der Waals surface area contributed by atoms with Gasteiger partial charge in [0.15, 0.2) is 0 Å². The summed E-state index contributed by atoms with van der Waals surface area (Å²) in [5.41, 5.74) is 2.82. The predicted molar refractivity (Wildman–Crippen MR) is 159 cm³/mol. The molecule has 2 amide bonds. The van der Waals surface area contributed by atoms with Crippen molar-refractivity contribution in [2.45, 2.75) is 77.9 Å². The third kappa shape index (κ3) is 7.75. The summed E-state index contributed by atoms with van der Waals surface area (Å²) < 4.78 is 34.6. The topological polar surface area (TPSA) is 99.3 Å². The van der Waals surface area contributed by atoms with Gasteiger partial charge in [-0.25, -0.2) is 4.31 Å². The zero-order valence-corrected chi connectivity index (χ0v) is 25.5. The smallest absolute Gasteiger partial charge is 0.304 e. The van der Waals surface area contributed by atoms with E-state index in [-0.39, 0.29) is 18.5 Å². The van der Waals surface area contributed by atoms with Gasteiger partial charge in [0.25, 0.3) is 0 Å². The summed E-state index contributed by atoms with van der Waals surface area (Å²) in [5.74, 6) is -0.0315. The van der Waals surface area contributed by atoms with Crippen molar-refractivity contribution >= 4 is 27.7 Å². The minimum Gasteiger partial charge on any atom is -0.497 e. The molecule has 2 aromatic rings. The maximum Gasteiger partial charge on any atom is 0.304 e. The average molecular weight is 573 g/mol. The number of carbonyl (C=O) groups is 2. The summed E-state index contributed by atoms with van der Waals surface area (Å²) in [5, 5.41) is 3.17. The fraction of sp³-hybridized carbons (Fsp3) is 0.533. The molecule has 3 rings (SSSR count). The van der Waals surface area contributed by atoms with Crippen LogP contribution in [0.5, 0.6) is 5.75 Å². The summed E-state index contributed by atoms with van der Waals surface area (Å²) in [6.45, 7) is 5.26. The number of carbonyl (C=O) groups excluding carboxylic acids is 2. The van der Waals surface area contributed by atoms with E-state index in [1.807, 2.05) is 57.2 Å². The Kier molecular flexibility index (Phi) is 11.0. The van der Waals surface area contributed by atoms with Gasteiger partial charge in [0.1, 0.15) is 18.3 Å². The molecule has 1 unspecified atom stereocenters. The number of anilines is 1. The Balaban J connectivity index is 2.01. The molecule has 0 aliphatic heterocycles. The first-order valence-corrected chi connectivity index (χ1v) is 15.4. The Hall–Kier alpha value is -3.11. The number of methoxy groups -OCH3 is 1. The van der Waals surface area contributed by atoms with Gasteiger partial charge in [-0.05, 0) is 68.0 Å². The second-order valence-corrected chi connectivity index (χ2v) is 12.8. The van der Waals surface area contributed by atoms with Gasteiger partial charge >= 0.3 is 10.2 Å². The molecule has 0 heterocycles. The maximum atomic E-state index is 14.1. The zero-order valence-electron chi connectivity index (χ0n) is 24.6. The van der Waals surface area contributed by atoms with Gasteiger partial charge in [-0.1, -0.05) is 50.5 Å². The fourth-order valence-corrected chi connectivity index (χ4v) is 6.23. The van der Waals surface area contributed by atoms with E-state index in [9.17, 15) is 18.0 Å². The third-order valence-corrected chi connectivity index (χ3v) is 9.28. The first kappa shape index (κ1) is 31.4. The van der Waals surface area contributed by atoms with E-state index in [2.05, 4.69) is 5.32 Å². The molecule has 0 aromatic heterocycles. The van der Waals surface area contributed by atoms with Gasteiger partial charge in [-0.15, -0.1) is 0 Å². The molecule has 1 N–H and O–H groups in total. The van der Waals surface area contributed by atoms with Gasteiger partial charge in [0.2, 0.25) is 11.8 Å². The molecular formula is C30H44N4O5S. The molecule has 1 fully saturated rings. The lowest BCUT2D eigenvalue weighted by molar-refractivity contribution is -0.140. The minimum atomic E-state index is -4.02. The first-order chi connectivity index (χ1) is 19.0. The second kappa shape index (κ2) is 14.0. The highest BCUT2D eigenvalue weighted by Crippen LogP contribution is 2.27. The molecule has 40 heavy (non-hydrogen) atoms. The Bertz CT molecular complexity index is 1270. The van der Waals surface area contributed by atoms with Crippen LogP contribution in [0.2, 0.25) is 0 Å². The Morgan fingerprint density at radius 1 is 1.05 bits per heavy atom. The Morgan fingerprint density at radius 2 is 1.75 bits per heavy atom. The number of amides is 2. The van der Waals surface area contributed by atoms with E-state index in [0.717, 1.165) is 51.0 Å². The van der Waals surface area contributed by atoms with E-state index >= 15 is 0 Å². The molecule has 0 spiro atoms. The molecular weight excluding hydrogens is 528 g/mol. The number of aryl methyl sites for hydroxylation is 2. The molecule has 2 aromatic carbocycles. The standard InChI is InChI=1S/C30H44N4O5S/c1-7-27(30(36)31-25-13-9-8-10-14-25)33(20-24-12-11-15-26(19-24)39-6)29(35)21-34(40(37,38)32(4)5)28-18-22(2)16-17-23(28)3/h11-12,15-19,25,27H,7-10,13-14,20-21H2,1-6H3,(H,31,36). The zero-order chi connectivity index (χ0) is 29.4. The molecule has 1 aliphatic carbocycles. The summed E-state index contributed by atoms with van der Waals surface area (Å²) in [7, 11) is 0.438. The van der Waals surface area contributed by atoms with Crippen molar-refractivity contribution in [3.05, 3.63) is 59.2 Å². The number of benzene rings is 2. The van der Waals surface area contributed by atoms with Crippen LogP contribution >= 0.6 is 0 Å². The summed E-state index contributed by atoms with van der Waals surface area (Å²) in [6, 6.07) is 12.2. The van der Waals surface area contributed by atoms with Crippen LogP contribution in [0.15, 0.2) is 42.5 Å². The van der Waals surface area contributed by atoms with Crippen LogP contribution in [0.1, 0.15) is 62.1 Å². The lowest BCUT2D eigenvalue weighted by Gasteiger charge is -2.35. The number of rotatable bonds is 12. The summed E-state index contributed by atoms with van der Waals surface area (Å²) in [4.78, 5) is 29.2. The third-order valence-electron chi connectivity index (χ3n) is 7.48. The maximum absolute atomic E-state index is 14.1. The summed E-state index contributed by atoms with van der Waals surface area (Å²) in [6.07, 6.45) is 5.54. The van der Waals surface area contributed by atoms with E-state index in [1.54, 1.807) is 13.2 Å². The van der Waals surface area contributed by atoms with Gasteiger partial charge < -0.3 is 15.0 Å². The van der Waals surface area contributed by atoms with Crippen molar-refractivity contribution in [1.82, 2.24) is 14.5 Å². The van der Waals surface area contributed by atoms with Crippen LogP contribution in [0.4, 0.5) is 5.69 Å². The normalized spacial score (nSPS) is 15.0. The van der Waals surface area contributed by atoms with Crippen LogP contribution in [-0.4, -0.2) is 69.3 Å². The Morgan fingerprint density at radius 3 is 2.38 bits per heavy atom. The van der Waals surface area contributed by atoms with Gasteiger partial charge in [0, 0.05) is 26.7 Å². The molecule has 0 radical (unpaired) electrons. The SMILES string of the molecule is CCC(C(=O)NC1CCCCC1)N(Cc1cccc(OC)c1)C(=O)CN(c1cc(C)ccc1C)S(=O)(=O)N(C)C. The largest absolute Gasteiger partial charge is 0.497 e. The monoisotopic (exact) mass is 572 g/mol. The van der Waals surface area contributed by atoms with Crippen molar-refractivity contribution in [2.75, 3.05) is 32.1 Å². The van der Waals surface area contributed by atoms with E-state index < -0.39 is 28.7 Å². The van der Waals surface area contributed by atoms with Crippen LogP contribution in [0.3, 0.4) is 0 Å². The Labute approximate surface area is 239 Å². The van der Waals surface area contributed by atoms with Crippen molar-refractivity contribution in [1.29, 1.82) is 0 Å². The lowest BCUT2D eigenvalue weighted by atomic mass is 9.95. The second-order valence-electron chi connectivity index (χ2n) is 10.7. The van der Waals surface area contributed by atoms with Gasteiger partial charge in [0.05, 0.1) is 12.8 Å². The number of nitrogens with zero attached hydrogens (tertiary/aromatic N) is 3. The highest BCUT2D eigenvalue weighted by atomic mass is 32.2. The van der Waals surface area contributed by atoms with E-state index in [1.165, 1.54) is 25.4 Å². The molecule has 10 heteroatoms. The highest BCUT2D eigenvalue weighted by Gasteiger charge is 2.35. The van der Waals surface area contributed by atoms with E-state index in [0.29, 0.717) is 17.9 Å². The highest BCUT2D eigenvalue weighted by molar-refractivity contribution is 7.90. The van der Waals surface area contributed by atoms with Crippen molar-refractivity contribution < 1.29 is 22.7 Å². The predicted octanol–water partition coefficient (Wildman–Crippen LogP) is 4.18. The average Bonchev–Trinajstić information content (AvgIpc) is 2.93. The van der Waals surface area contributed by atoms with Crippen LogP contribution in [0.25, 0.3) is 0 Å². The molecule has 0 saturated heterocycles. The molecule has 0 bridgehead atoms. The number of hydrogen-bond donors (Lipinski definition) is 1. The van der Waals surface area contributed by atoms with Crippen molar-refractivity contribution in [2.24, 2.45) is 0 Å². The first-order valence-electron chi connectivity index (χ1n) is 14.0. The van der Waals surface area contributed by atoms with Crippen LogP contribution < -0.4 is 14.4 Å². The van der Waals surface area contributed by atoms with E-state index in [4.69, 9.17) is 4.74 Å². The molecule has 220 valence electrons. The minimum absolute atomic E-state index is 0.0876. The number of ether oxygens (including phenoxy) is 1. The summed E-state index contributed by atoms with van der Waals surface area (Å²) >= 11 is 0. The van der Waals surface area contributed by atoms with Gasteiger partial charge in [-0.2, -0.15) is 12.7 Å². The number of hydrogen-bond acceptors (Lipinski definition) is 5. The molecule has 1 atom stereocenters. The van der Waals surface area contributed by atoms with Crippen LogP contribution in [-0.2, 0) is 26.3 Å². The number of nitrogens with one attached hydrogen (secondary N) is 1. The van der Waals surface area contributed by atoms with Crippen molar-refractivity contribution in [3.8, 4) is 5.75 Å². The van der Waals surface area contributed by atoms with Crippen molar-refractivity contribution in [3.63, 3.8) is 0 Å². The van der Waals surface area contributed by atoms with Crippen LogP contribution in [0, 0.1) is 13.8 Å².